The third-order valence-corrected chi connectivity index (χ3v) is 13.4. The van der Waals surface area contributed by atoms with Gasteiger partial charge in [0.25, 0.3) is 17.7 Å². The van der Waals surface area contributed by atoms with E-state index in [1.165, 1.54) is 0 Å². The van der Waals surface area contributed by atoms with Crippen LogP contribution in [-0.2, 0) is 9.59 Å². The van der Waals surface area contributed by atoms with Crippen molar-refractivity contribution in [3.05, 3.63) is 82.0 Å². The Labute approximate surface area is 348 Å². The third kappa shape index (κ3) is 7.51. The second-order valence-corrected chi connectivity index (χ2v) is 18.0. The molecule has 4 aliphatic heterocycles. The number of amides is 5. The predicted molar refractivity (Wildman–Crippen MR) is 220 cm³/mol. The number of nitrogens with zero attached hydrogens (tertiary/aromatic N) is 6. The van der Waals surface area contributed by atoms with Crippen LogP contribution in [0.4, 0.5) is 11.5 Å². The molecule has 15 heteroatoms. The lowest BCUT2D eigenvalue weighted by Crippen LogP contribution is -2.74. The third-order valence-electron chi connectivity index (χ3n) is 13.1. The number of piperazine rings is 1. The van der Waals surface area contributed by atoms with E-state index in [2.05, 4.69) is 59.1 Å². The number of carbonyl (C=O) groups excluding carboxylic acids is 5. The van der Waals surface area contributed by atoms with Crippen molar-refractivity contribution in [1.29, 1.82) is 5.26 Å². The molecular formula is C44H49ClN8O6. The topological polar surface area (TPSA) is 168 Å². The number of pyridine rings is 1. The first-order valence-corrected chi connectivity index (χ1v) is 20.7. The molecule has 14 nitrogen and oxygen atoms in total. The second kappa shape index (κ2) is 15.6. The number of aromatic nitrogens is 1. The summed E-state index contributed by atoms with van der Waals surface area (Å²) in [6.45, 7) is 14.5. The van der Waals surface area contributed by atoms with Crippen LogP contribution in [0.25, 0.3) is 0 Å². The summed E-state index contributed by atoms with van der Waals surface area (Å²) < 4.78 is 6.37. The minimum Gasteiger partial charge on any atom is -0.489 e. The molecule has 0 radical (unpaired) electrons. The Morgan fingerprint density at radius 3 is 2.25 bits per heavy atom. The van der Waals surface area contributed by atoms with E-state index in [-0.39, 0.29) is 41.7 Å². The van der Waals surface area contributed by atoms with Crippen LogP contribution in [0.5, 0.6) is 5.75 Å². The van der Waals surface area contributed by atoms with E-state index in [0.717, 1.165) is 75.1 Å². The highest BCUT2D eigenvalue weighted by Crippen LogP contribution is 2.55. The number of nitriles is 1. The summed E-state index contributed by atoms with van der Waals surface area (Å²) in [5, 5.41) is 15.0. The smallest absolute Gasteiger partial charge is 0.262 e. The van der Waals surface area contributed by atoms with E-state index in [0.29, 0.717) is 38.9 Å². The highest BCUT2D eigenvalue weighted by molar-refractivity contribution is 6.31. The van der Waals surface area contributed by atoms with Crippen LogP contribution in [-0.4, -0.2) is 108 Å². The molecule has 59 heavy (non-hydrogen) atoms. The first-order chi connectivity index (χ1) is 28.1. The van der Waals surface area contributed by atoms with Gasteiger partial charge in [-0.3, -0.25) is 39.1 Å². The van der Waals surface area contributed by atoms with Gasteiger partial charge in [0.2, 0.25) is 11.8 Å². The van der Waals surface area contributed by atoms with Crippen molar-refractivity contribution in [3.63, 3.8) is 0 Å². The Morgan fingerprint density at radius 1 is 0.898 bits per heavy atom. The Hall–Kier alpha value is -5.52. The van der Waals surface area contributed by atoms with Crippen molar-refractivity contribution in [1.82, 2.24) is 25.4 Å². The van der Waals surface area contributed by atoms with Gasteiger partial charge in [-0.15, -0.1) is 0 Å². The van der Waals surface area contributed by atoms with Gasteiger partial charge < -0.3 is 19.9 Å². The molecule has 1 aromatic heterocycles. The number of nitrogens with one attached hydrogen (secondary N) is 2. The lowest BCUT2D eigenvalue weighted by atomic mass is 9.49. The maximum atomic E-state index is 13.5. The average Bonchev–Trinajstić information content (AvgIpc) is 3.47. The van der Waals surface area contributed by atoms with Gasteiger partial charge in [0.15, 0.2) is 0 Å². The molecule has 0 spiro atoms. The summed E-state index contributed by atoms with van der Waals surface area (Å²) in [6, 6.07) is 15.1. The fourth-order valence-corrected chi connectivity index (χ4v) is 10.3. The average molecular weight is 821 g/mol. The van der Waals surface area contributed by atoms with Crippen LogP contribution < -0.4 is 25.2 Å². The van der Waals surface area contributed by atoms with Gasteiger partial charge in [-0.1, -0.05) is 39.3 Å². The van der Waals surface area contributed by atoms with Gasteiger partial charge >= 0.3 is 0 Å². The summed E-state index contributed by atoms with van der Waals surface area (Å²) in [6.07, 6.45) is 3.69. The van der Waals surface area contributed by atoms with E-state index < -0.39 is 29.7 Å². The molecule has 308 valence electrons. The van der Waals surface area contributed by atoms with Crippen molar-refractivity contribution in [2.45, 2.75) is 71.6 Å². The molecule has 2 aromatic carbocycles. The predicted octanol–water partition coefficient (Wildman–Crippen LogP) is 4.66. The number of hydrogen-bond donors (Lipinski definition) is 2. The number of imide groups is 2. The lowest BCUT2D eigenvalue weighted by Gasteiger charge is -2.63. The normalized spacial score (nSPS) is 24.3. The van der Waals surface area contributed by atoms with Crippen molar-refractivity contribution >= 4 is 52.6 Å². The first kappa shape index (κ1) is 40.3. The van der Waals surface area contributed by atoms with E-state index in [1.807, 2.05) is 18.2 Å². The molecule has 1 unspecified atom stereocenters. The van der Waals surface area contributed by atoms with Gasteiger partial charge in [-0.25, -0.2) is 4.98 Å². The maximum absolute atomic E-state index is 13.5. The highest BCUT2D eigenvalue weighted by Gasteiger charge is 2.64. The summed E-state index contributed by atoms with van der Waals surface area (Å²) in [4.78, 5) is 76.7. The quantitative estimate of drug-likeness (QED) is 0.288. The molecule has 1 saturated carbocycles. The summed E-state index contributed by atoms with van der Waals surface area (Å²) in [5.41, 5.74) is 1.63. The van der Waals surface area contributed by atoms with E-state index in [1.54, 1.807) is 36.5 Å². The number of piperidine rings is 2. The number of carbonyl (C=O) groups is 5. The zero-order valence-corrected chi connectivity index (χ0v) is 34.6. The molecule has 5 amide bonds. The molecule has 2 N–H and O–H groups in total. The van der Waals surface area contributed by atoms with Gasteiger partial charge in [0, 0.05) is 87.1 Å². The lowest BCUT2D eigenvalue weighted by molar-refractivity contribution is -0.164. The molecule has 0 bridgehead atoms. The van der Waals surface area contributed by atoms with Crippen LogP contribution in [0.2, 0.25) is 5.02 Å². The van der Waals surface area contributed by atoms with Gasteiger partial charge in [-0.05, 0) is 67.6 Å². The zero-order chi connectivity index (χ0) is 41.8. The largest absolute Gasteiger partial charge is 0.489 e. The number of ether oxygens (including phenoxy) is 1. The van der Waals surface area contributed by atoms with E-state index in [4.69, 9.17) is 21.3 Å². The first-order valence-electron chi connectivity index (χ1n) is 20.4. The Balaban J connectivity index is 0.789. The van der Waals surface area contributed by atoms with Gasteiger partial charge in [0.05, 0.1) is 27.3 Å². The minimum absolute atomic E-state index is 0.0886. The van der Waals surface area contributed by atoms with Crippen LogP contribution in [0.15, 0.2) is 54.7 Å². The number of halogens is 1. The van der Waals surface area contributed by atoms with Crippen LogP contribution in [0, 0.1) is 28.1 Å². The molecule has 5 heterocycles. The fraction of sp³-hybridized carbons (Fsp3) is 0.477. The summed E-state index contributed by atoms with van der Waals surface area (Å²) in [7, 11) is 0. The fourth-order valence-electron chi connectivity index (χ4n) is 10.1. The zero-order valence-electron chi connectivity index (χ0n) is 33.8. The molecule has 1 atom stereocenters. The Morgan fingerprint density at radius 2 is 1.61 bits per heavy atom. The van der Waals surface area contributed by atoms with E-state index >= 15 is 0 Å². The van der Waals surface area contributed by atoms with Crippen LogP contribution in [0.1, 0.15) is 90.0 Å². The van der Waals surface area contributed by atoms with Crippen molar-refractivity contribution < 1.29 is 28.7 Å². The number of rotatable bonds is 9. The number of fused-ring (bicyclic) bond motifs is 1. The van der Waals surface area contributed by atoms with E-state index in [9.17, 15) is 29.2 Å². The van der Waals surface area contributed by atoms with Crippen molar-refractivity contribution in [2.75, 3.05) is 55.6 Å². The molecular weight excluding hydrogens is 772 g/mol. The molecule has 3 saturated heterocycles. The number of anilines is 2. The molecule has 1 aliphatic carbocycles. The number of hydrogen-bond acceptors (Lipinski definition) is 11. The maximum Gasteiger partial charge on any atom is 0.262 e. The SMILES string of the molecule is CC1(C)C(NC(=O)c2ccc(N3CCN(CC4CCN(c5ccc6c(c5)C(=O)N(C5CCC(=O)NC5=O)C6=O)CC4)CC3)nc2)C(C)(C)C1Oc1ccc(C#N)c(Cl)c1. The molecule has 4 fully saturated rings. The second-order valence-electron chi connectivity index (χ2n) is 17.6. The van der Waals surface area contributed by atoms with Gasteiger partial charge in [-0.2, -0.15) is 5.26 Å². The molecule has 8 rings (SSSR count). The summed E-state index contributed by atoms with van der Waals surface area (Å²) in [5.74, 6) is -0.188. The minimum atomic E-state index is -0.976. The number of benzene rings is 2. The summed E-state index contributed by atoms with van der Waals surface area (Å²) >= 11 is 6.25. The monoisotopic (exact) mass is 820 g/mol. The van der Waals surface area contributed by atoms with Crippen molar-refractivity contribution in [3.8, 4) is 11.8 Å². The highest BCUT2D eigenvalue weighted by atomic mass is 35.5. The Bertz CT molecular complexity index is 2220. The molecule has 5 aliphatic rings. The van der Waals surface area contributed by atoms with Crippen LogP contribution in [0.3, 0.4) is 0 Å². The molecule has 3 aromatic rings. The Kier molecular flexibility index (Phi) is 10.6. The van der Waals surface area contributed by atoms with Crippen molar-refractivity contribution in [2.24, 2.45) is 16.7 Å². The van der Waals surface area contributed by atoms with Gasteiger partial charge in [0.1, 0.15) is 29.8 Å². The van der Waals surface area contributed by atoms with Crippen LogP contribution >= 0.6 is 11.6 Å². The standard InChI is InChI=1S/C44H49ClN8O6/c1-43(2)41(44(3,4)42(43)59-30-8-5-27(23-46)33(45)22-30)49-37(55)28-6-11-35(47-24-28)52-19-17-50(18-20-52)25-26-13-15-51(16-14-26)29-7-9-31-32(21-29)40(58)53(39(31)57)34-10-12-36(54)48-38(34)56/h5-9,11,21-22,24,26,34,41-42H,10,12-20,25H2,1-4H3,(H,49,55)(H,48,54,56).